The van der Waals surface area contributed by atoms with E-state index in [1.807, 2.05) is 11.9 Å². The number of nitrogens with two attached hydrogens (primary N) is 1. The standard InChI is InChI=1S/C20H24F2N4O4.C2H4/c1-25-7-8-26(19(29)20(25)5-6-20)17-9-13(14(11-24-17)18(27)28)12(3-4-16(21)22)15(10-23)30-2;1-2/h3,9-11,16H,4-8,23H2,1-2H3,(H,27,28);1-2H2/b12-3-,15-10+;. The summed E-state index contributed by atoms with van der Waals surface area (Å²) in [6.45, 7) is 7.03. The van der Waals surface area contributed by atoms with Crippen LogP contribution in [0, 0.1) is 0 Å². The second kappa shape index (κ2) is 10.4. The number of amides is 1. The molecule has 10 heteroatoms. The number of alkyl halides is 2. The Labute approximate surface area is 185 Å². The van der Waals surface area contributed by atoms with Crippen LogP contribution in [-0.2, 0) is 9.53 Å². The van der Waals surface area contributed by atoms with Crippen molar-refractivity contribution in [1.29, 1.82) is 0 Å². The normalized spacial score (nSPS) is 18.4. The highest BCUT2D eigenvalue weighted by Gasteiger charge is 2.57. The number of ether oxygens (including phenoxy) is 1. The number of piperazine rings is 1. The van der Waals surface area contributed by atoms with Gasteiger partial charge in [-0.2, -0.15) is 0 Å². The van der Waals surface area contributed by atoms with E-state index in [0.717, 1.165) is 25.2 Å². The summed E-state index contributed by atoms with van der Waals surface area (Å²) in [7, 11) is 3.20. The van der Waals surface area contributed by atoms with Gasteiger partial charge in [0, 0.05) is 43.0 Å². The Morgan fingerprint density at radius 1 is 1.38 bits per heavy atom. The summed E-state index contributed by atoms with van der Waals surface area (Å²) in [5.41, 5.74) is 5.03. The molecule has 1 aliphatic carbocycles. The first-order chi connectivity index (χ1) is 15.2. The molecule has 0 atom stereocenters. The van der Waals surface area contributed by atoms with Crippen LogP contribution >= 0.6 is 0 Å². The summed E-state index contributed by atoms with van der Waals surface area (Å²) in [6.07, 6.45) is 1.61. The van der Waals surface area contributed by atoms with Crippen molar-refractivity contribution in [2.45, 2.75) is 31.2 Å². The number of hydrogen-bond donors (Lipinski definition) is 2. The van der Waals surface area contributed by atoms with Gasteiger partial charge in [0.05, 0.1) is 12.7 Å². The maximum absolute atomic E-state index is 13.0. The third-order valence-electron chi connectivity index (χ3n) is 5.58. The second-order valence-corrected chi connectivity index (χ2v) is 7.28. The molecule has 1 aliphatic heterocycles. The topological polar surface area (TPSA) is 109 Å². The van der Waals surface area contributed by atoms with Crippen molar-refractivity contribution in [3.05, 3.63) is 54.6 Å². The molecule has 1 aromatic rings. The Bertz CT molecular complexity index is 929. The van der Waals surface area contributed by atoms with Gasteiger partial charge in [-0.15, -0.1) is 13.2 Å². The monoisotopic (exact) mass is 450 g/mol. The van der Waals surface area contributed by atoms with Gasteiger partial charge >= 0.3 is 5.97 Å². The number of pyridine rings is 1. The maximum Gasteiger partial charge on any atom is 0.337 e. The molecule has 0 aromatic carbocycles. The first-order valence-electron chi connectivity index (χ1n) is 9.96. The molecule has 174 valence electrons. The number of likely N-dealkylation sites (N-methyl/N-ethyl adjacent to an activating group) is 1. The first-order valence-corrected chi connectivity index (χ1v) is 9.96. The van der Waals surface area contributed by atoms with Crippen LogP contribution in [0.25, 0.3) is 5.57 Å². The van der Waals surface area contributed by atoms with Crippen LogP contribution in [0.1, 0.15) is 35.2 Å². The van der Waals surface area contributed by atoms with Crippen LogP contribution in [0.15, 0.2) is 43.5 Å². The highest BCUT2D eigenvalue weighted by Crippen LogP contribution is 2.45. The quantitative estimate of drug-likeness (QED) is 0.373. The fourth-order valence-electron chi connectivity index (χ4n) is 3.72. The average molecular weight is 450 g/mol. The lowest BCUT2D eigenvalue weighted by molar-refractivity contribution is -0.126. The zero-order valence-corrected chi connectivity index (χ0v) is 18.2. The van der Waals surface area contributed by atoms with Crippen molar-refractivity contribution in [2.24, 2.45) is 5.73 Å². The van der Waals surface area contributed by atoms with E-state index in [1.54, 1.807) is 0 Å². The van der Waals surface area contributed by atoms with Crippen LogP contribution in [-0.4, -0.2) is 66.1 Å². The van der Waals surface area contributed by atoms with Crippen LogP contribution < -0.4 is 10.6 Å². The third-order valence-corrected chi connectivity index (χ3v) is 5.58. The molecule has 1 saturated carbocycles. The minimum absolute atomic E-state index is 0.0404. The Morgan fingerprint density at radius 2 is 2.03 bits per heavy atom. The summed E-state index contributed by atoms with van der Waals surface area (Å²) < 4.78 is 30.9. The van der Waals surface area contributed by atoms with E-state index in [9.17, 15) is 23.5 Å². The molecule has 2 fully saturated rings. The van der Waals surface area contributed by atoms with Gasteiger partial charge in [0.25, 0.3) is 0 Å². The van der Waals surface area contributed by atoms with Crippen LogP contribution in [0.2, 0.25) is 0 Å². The highest BCUT2D eigenvalue weighted by atomic mass is 19.3. The Hall–Kier alpha value is -3.27. The number of nitrogens with zero attached hydrogens (tertiary/aromatic N) is 3. The van der Waals surface area contributed by atoms with E-state index in [0.29, 0.717) is 13.1 Å². The SMILES string of the molecule is C=C.COC(=C/N)/C(=C\CC(F)F)c1cc(N2CCN(C)C3(CC3)C2=O)ncc1C(=O)O. The molecule has 3 rings (SSSR count). The average Bonchev–Trinajstić information content (AvgIpc) is 3.58. The summed E-state index contributed by atoms with van der Waals surface area (Å²) >= 11 is 0. The minimum atomic E-state index is -2.64. The molecule has 1 saturated heterocycles. The molecule has 8 nitrogen and oxygen atoms in total. The number of hydrogen-bond acceptors (Lipinski definition) is 6. The largest absolute Gasteiger partial charge is 0.495 e. The van der Waals surface area contributed by atoms with E-state index in [-0.39, 0.29) is 34.2 Å². The first kappa shape index (κ1) is 25.0. The van der Waals surface area contributed by atoms with Gasteiger partial charge in [0.1, 0.15) is 17.1 Å². The molecule has 1 amide bonds. The number of carboxylic acid groups (broad SMARTS) is 1. The zero-order chi connectivity index (χ0) is 24.1. The van der Waals surface area contributed by atoms with E-state index >= 15 is 0 Å². The number of rotatable bonds is 7. The van der Waals surface area contributed by atoms with Gasteiger partial charge in [-0.1, -0.05) is 6.08 Å². The van der Waals surface area contributed by atoms with Crippen molar-refractivity contribution in [2.75, 3.05) is 32.1 Å². The van der Waals surface area contributed by atoms with Gasteiger partial charge in [0.2, 0.25) is 12.3 Å². The van der Waals surface area contributed by atoms with Crippen molar-refractivity contribution in [1.82, 2.24) is 9.88 Å². The van der Waals surface area contributed by atoms with E-state index < -0.39 is 24.4 Å². The predicted molar refractivity (Wildman–Crippen MR) is 117 cm³/mol. The number of carbonyl (C=O) groups excluding carboxylic acids is 1. The summed E-state index contributed by atoms with van der Waals surface area (Å²) in [4.78, 5) is 32.5. The number of carboxylic acids is 1. The van der Waals surface area contributed by atoms with Crippen LogP contribution in [0.4, 0.5) is 14.6 Å². The van der Waals surface area contributed by atoms with Crippen molar-refractivity contribution >= 4 is 23.3 Å². The Balaban J connectivity index is 0.00000176. The molecule has 1 spiro atoms. The molecule has 2 heterocycles. The van der Waals surface area contributed by atoms with Gasteiger partial charge in [-0.05, 0) is 26.0 Å². The number of allylic oxidation sites excluding steroid dienone is 2. The number of halogens is 2. The lowest BCUT2D eigenvalue weighted by atomic mass is 9.98. The fourth-order valence-corrected chi connectivity index (χ4v) is 3.72. The van der Waals surface area contributed by atoms with Gasteiger partial charge in [0.15, 0.2) is 0 Å². The second-order valence-electron chi connectivity index (χ2n) is 7.28. The van der Waals surface area contributed by atoms with Crippen LogP contribution in [0.3, 0.4) is 0 Å². The number of aromatic nitrogens is 1. The highest BCUT2D eigenvalue weighted by molar-refractivity contribution is 6.03. The lowest BCUT2D eigenvalue weighted by Gasteiger charge is -2.38. The predicted octanol–water partition coefficient (Wildman–Crippen LogP) is 2.88. The third kappa shape index (κ3) is 4.80. The fraction of sp³-hybridized carbons (Fsp3) is 0.409. The minimum Gasteiger partial charge on any atom is -0.495 e. The lowest BCUT2D eigenvalue weighted by Crippen LogP contribution is -2.57. The molecule has 0 bridgehead atoms. The summed E-state index contributed by atoms with van der Waals surface area (Å²) in [6, 6.07) is 1.42. The van der Waals surface area contributed by atoms with Gasteiger partial charge in [-0.3, -0.25) is 14.6 Å². The summed E-state index contributed by atoms with van der Waals surface area (Å²) in [5, 5.41) is 9.61. The number of anilines is 1. The number of carbonyl (C=O) groups is 2. The molecular weight excluding hydrogens is 422 g/mol. The number of aromatic carboxylic acids is 1. The molecule has 32 heavy (non-hydrogen) atoms. The number of methoxy groups -OCH3 is 1. The van der Waals surface area contributed by atoms with Crippen molar-refractivity contribution < 1.29 is 28.2 Å². The van der Waals surface area contributed by atoms with Gasteiger partial charge in [-0.25, -0.2) is 18.6 Å². The molecule has 2 aliphatic rings. The van der Waals surface area contributed by atoms with Crippen molar-refractivity contribution in [3.63, 3.8) is 0 Å². The maximum atomic E-state index is 13.0. The Kier molecular flexibility index (Phi) is 8.09. The van der Waals surface area contributed by atoms with Crippen molar-refractivity contribution in [3.8, 4) is 0 Å². The van der Waals surface area contributed by atoms with E-state index in [4.69, 9.17) is 10.5 Å². The molecular formula is C22H28F2N4O4. The van der Waals surface area contributed by atoms with Gasteiger partial charge < -0.3 is 15.6 Å². The summed E-state index contributed by atoms with van der Waals surface area (Å²) in [5.74, 6) is -1.09. The molecule has 1 aromatic heterocycles. The molecule has 0 unspecified atom stereocenters. The van der Waals surface area contributed by atoms with Crippen LogP contribution in [0.5, 0.6) is 0 Å². The smallest absolute Gasteiger partial charge is 0.337 e. The molecule has 0 radical (unpaired) electrons. The zero-order valence-electron chi connectivity index (χ0n) is 18.2. The Morgan fingerprint density at radius 3 is 2.53 bits per heavy atom. The van der Waals surface area contributed by atoms with E-state index in [1.165, 1.54) is 24.2 Å². The molecule has 3 N–H and O–H groups in total. The van der Waals surface area contributed by atoms with E-state index in [2.05, 4.69) is 18.1 Å².